The van der Waals surface area contributed by atoms with Crippen molar-refractivity contribution in [3.8, 4) is 5.88 Å². The highest BCUT2D eigenvalue weighted by Crippen LogP contribution is 2.30. The van der Waals surface area contributed by atoms with Crippen LogP contribution < -0.4 is 10.5 Å². The molecular formula is C10H11F3N2O. The van der Waals surface area contributed by atoms with Gasteiger partial charge in [0, 0.05) is 12.1 Å². The second kappa shape index (κ2) is 3.93. The van der Waals surface area contributed by atoms with Crippen LogP contribution in [0.3, 0.4) is 0 Å². The Bertz CT molecular complexity index is 375. The molecule has 1 heterocycles. The van der Waals surface area contributed by atoms with Crippen LogP contribution in [-0.4, -0.2) is 17.1 Å². The lowest BCUT2D eigenvalue weighted by atomic mass is 9.90. The van der Waals surface area contributed by atoms with Crippen molar-refractivity contribution >= 4 is 0 Å². The maximum absolute atomic E-state index is 12.3. The van der Waals surface area contributed by atoms with E-state index in [-0.39, 0.29) is 18.0 Å². The highest BCUT2D eigenvalue weighted by atomic mass is 19.4. The predicted octanol–water partition coefficient (Wildman–Crippen LogP) is 1.97. The van der Waals surface area contributed by atoms with Crippen LogP contribution in [0.5, 0.6) is 5.88 Å². The van der Waals surface area contributed by atoms with Gasteiger partial charge in [0.15, 0.2) is 0 Å². The first-order chi connectivity index (χ1) is 7.45. The fourth-order valence-corrected chi connectivity index (χ4v) is 1.51. The summed E-state index contributed by atoms with van der Waals surface area (Å²) in [6.07, 6.45) is -3.21. The molecule has 0 saturated heterocycles. The Kier molecular flexibility index (Phi) is 2.75. The van der Waals surface area contributed by atoms with E-state index < -0.39 is 11.9 Å². The third-order valence-electron chi connectivity index (χ3n) is 2.43. The van der Waals surface area contributed by atoms with Crippen molar-refractivity contribution in [1.82, 2.24) is 4.98 Å². The van der Waals surface area contributed by atoms with Crippen LogP contribution >= 0.6 is 0 Å². The second-order valence-electron chi connectivity index (χ2n) is 3.83. The van der Waals surface area contributed by atoms with E-state index in [4.69, 9.17) is 10.5 Å². The summed E-state index contributed by atoms with van der Waals surface area (Å²) in [4.78, 5) is 3.40. The molecule has 1 aromatic heterocycles. The van der Waals surface area contributed by atoms with Crippen LogP contribution in [0, 0.1) is 0 Å². The number of halogens is 3. The van der Waals surface area contributed by atoms with Crippen molar-refractivity contribution in [2.75, 3.05) is 0 Å². The van der Waals surface area contributed by atoms with Gasteiger partial charge in [-0.1, -0.05) is 6.07 Å². The van der Waals surface area contributed by atoms with E-state index in [0.717, 1.165) is 6.07 Å². The summed E-state index contributed by atoms with van der Waals surface area (Å²) in [6, 6.07) is 3.71. The van der Waals surface area contributed by atoms with E-state index in [1.807, 2.05) is 0 Å². The number of nitrogens with two attached hydrogens (primary N) is 1. The molecule has 6 heteroatoms. The van der Waals surface area contributed by atoms with E-state index >= 15 is 0 Å². The summed E-state index contributed by atoms with van der Waals surface area (Å²) in [5, 5.41) is 0. The molecule has 1 aliphatic carbocycles. The van der Waals surface area contributed by atoms with Gasteiger partial charge in [-0.05, 0) is 18.9 Å². The fraction of sp³-hybridized carbons (Fsp3) is 0.500. The summed E-state index contributed by atoms with van der Waals surface area (Å²) in [5.41, 5.74) is 4.60. The molecule has 0 amide bonds. The third kappa shape index (κ3) is 2.44. The van der Waals surface area contributed by atoms with Gasteiger partial charge < -0.3 is 10.5 Å². The van der Waals surface area contributed by atoms with Gasteiger partial charge in [0.25, 0.3) is 0 Å². The third-order valence-corrected chi connectivity index (χ3v) is 2.43. The number of hydrogen-bond donors (Lipinski definition) is 1. The number of ether oxygens (including phenoxy) is 1. The largest absolute Gasteiger partial charge is 0.474 e. The first kappa shape index (κ1) is 11.2. The lowest BCUT2D eigenvalue weighted by Crippen LogP contribution is -2.43. The normalized spacial score (nSPS) is 25.0. The van der Waals surface area contributed by atoms with Gasteiger partial charge in [-0.3, -0.25) is 0 Å². The van der Waals surface area contributed by atoms with Crippen LogP contribution in [0.4, 0.5) is 13.2 Å². The average Bonchev–Trinajstić information content (AvgIpc) is 2.14. The highest BCUT2D eigenvalue weighted by Gasteiger charge is 2.33. The number of aromatic nitrogens is 1. The summed E-state index contributed by atoms with van der Waals surface area (Å²) in [6.45, 7) is 0. The molecule has 3 nitrogen and oxygen atoms in total. The molecule has 0 radical (unpaired) electrons. The molecule has 1 saturated carbocycles. The van der Waals surface area contributed by atoms with Crippen LogP contribution in [0.15, 0.2) is 18.2 Å². The zero-order valence-corrected chi connectivity index (χ0v) is 8.37. The van der Waals surface area contributed by atoms with Gasteiger partial charge in [0.1, 0.15) is 11.8 Å². The summed E-state index contributed by atoms with van der Waals surface area (Å²) in [7, 11) is 0. The van der Waals surface area contributed by atoms with Crippen LogP contribution in [0.1, 0.15) is 18.5 Å². The maximum Gasteiger partial charge on any atom is 0.433 e. The number of pyridine rings is 1. The molecule has 0 aliphatic heterocycles. The molecular weight excluding hydrogens is 221 g/mol. The Morgan fingerprint density at radius 1 is 1.31 bits per heavy atom. The van der Waals surface area contributed by atoms with E-state index in [1.54, 1.807) is 0 Å². The molecule has 16 heavy (non-hydrogen) atoms. The Hall–Kier alpha value is -1.30. The van der Waals surface area contributed by atoms with Gasteiger partial charge >= 0.3 is 6.18 Å². The van der Waals surface area contributed by atoms with Crippen molar-refractivity contribution in [1.29, 1.82) is 0 Å². The molecule has 0 bridgehead atoms. The summed E-state index contributed by atoms with van der Waals surface area (Å²) >= 11 is 0. The zero-order valence-electron chi connectivity index (χ0n) is 8.37. The monoisotopic (exact) mass is 232 g/mol. The number of rotatable bonds is 2. The van der Waals surface area contributed by atoms with Crippen molar-refractivity contribution < 1.29 is 17.9 Å². The predicted molar refractivity (Wildman–Crippen MR) is 50.9 cm³/mol. The van der Waals surface area contributed by atoms with Crippen molar-refractivity contribution in [3.63, 3.8) is 0 Å². The molecule has 1 aliphatic rings. The molecule has 2 N–H and O–H groups in total. The quantitative estimate of drug-likeness (QED) is 0.848. The lowest BCUT2D eigenvalue weighted by molar-refractivity contribution is -0.141. The van der Waals surface area contributed by atoms with E-state index in [2.05, 4.69) is 4.98 Å². The average molecular weight is 232 g/mol. The first-order valence-electron chi connectivity index (χ1n) is 4.91. The van der Waals surface area contributed by atoms with Gasteiger partial charge in [0.2, 0.25) is 5.88 Å². The van der Waals surface area contributed by atoms with Crippen LogP contribution in [0.2, 0.25) is 0 Å². The Labute approximate surface area is 90.4 Å². The molecule has 0 atom stereocenters. The van der Waals surface area contributed by atoms with Crippen molar-refractivity contribution in [2.45, 2.75) is 31.2 Å². The van der Waals surface area contributed by atoms with Crippen LogP contribution in [-0.2, 0) is 6.18 Å². The molecule has 0 spiro atoms. The minimum absolute atomic E-state index is 0.00623. The number of nitrogens with zero attached hydrogens (tertiary/aromatic N) is 1. The first-order valence-corrected chi connectivity index (χ1v) is 4.91. The highest BCUT2D eigenvalue weighted by molar-refractivity contribution is 5.18. The summed E-state index contributed by atoms with van der Waals surface area (Å²) in [5.74, 6) is 0.00623. The molecule has 0 unspecified atom stereocenters. The van der Waals surface area contributed by atoms with E-state index in [9.17, 15) is 13.2 Å². The summed E-state index contributed by atoms with van der Waals surface area (Å²) < 4.78 is 42.2. The molecule has 2 rings (SSSR count). The SMILES string of the molecule is NC1CC(Oc2cccc(C(F)(F)F)n2)C1. The zero-order chi connectivity index (χ0) is 11.8. The number of alkyl halides is 3. The lowest BCUT2D eigenvalue weighted by Gasteiger charge is -2.32. The van der Waals surface area contributed by atoms with Crippen LogP contribution in [0.25, 0.3) is 0 Å². The minimum atomic E-state index is -4.44. The minimum Gasteiger partial charge on any atom is -0.474 e. The van der Waals surface area contributed by atoms with E-state index in [0.29, 0.717) is 12.8 Å². The molecule has 1 fully saturated rings. The van der Waals surface area contributed by atoms with E-state index in [1.165, 1.54) is 12.1 Å². The van der Waals surface area contributed by atoms with Gasteiger partial charge in [-0.15, -0.1) is 0 Å². The Morgan fingerprint density at radius 2 is 2.00 bits per heavy atom. The smallest absolute Gasteiger partial charge is 0.433 e. The standard InChI is InChI=1S/C10H11F3N2O/c11-10(12,13)8-2-1-3-9(15-8)16-7-4-6(14)5-7/h1-3,6-7H,4-5,14H2. The number of hydrogen-bond acceptors (Lipinski definition) is 3. The van der Waals surface area contributed by atoms with Gasteiger partial charge in [-0.2, -0.15) is 13.2 Å². The van der Waals surface area contributed by atoms with Gasteiger partial charge in [-0.25, -0.2) is 4.98 Å². The Morgan fingerprint density at radius 3 is 2.56 bits per heavy atom. The fourth-order valence-electron chi connectivity index (χ4n) is 1.51. The topological polar surface area (TPSA) is 48.1 Å². The second-order valence-corrected chi connectivity index (χ2v) is 3.83. The Balaban J connectivity index is 2.05. The van der Waals surface area contributed by atoms with Crippen molar-refractivity contribution in [2.24, 2.45) is 5.73 Å². The molecule has 1 aromatic rings. The maximum atomic E-state index is 12.3. The molecule has 0 aromatic carbocycles. The molecule has 88 valence electrons. The van der Waals surface area contributed by atoms with Gasteiger partial charge in [0.05, 0.1) is 0 Å². The van der Waals surface area contributed by atoms with Crippen molar-refractivity contribution in [3.05, 3.63) is 23.9 Å².